The zero-order chi connectivity index (χ0) is 12.0. The molecule has 0 radical (unpaired) electrons. The van der Waals surface area contributed by atoms with E-state index in [0.29, 0.717) is 25.7 Å². The van der Waals surface area contributed by atoms with E-state index in [9.17, 15) is 5.11 Å². The van der Waals surface area contributed by atoms with Gasteiger partial charge in [0.05, 0.1) is 12.2 Å². The van der Waals surface area contributed by atoms with Crippen LogP contribution in [0.15, 0.2) is 0 Å². The second kappa shape index (κ2) is 6.58. The Balaban J connectivity index is 2.62. The fraction of sp³-hybridized carbons (Fsp3) is 1.00. The van der Waals surface area contributed by atoms with Crippen molar-refractivity contribution in [1.82, 2.24) is 0 Å². The van der Waals surface area contributed by atoms with E-state index in [2.05, 4.69) is 6.92 Å². The summed E-state index contributed by atoms with van der Waals surface area (Å²) in [5.74, 6) is 0.636. The van der Waals surface area contributed by atoms with E-state index in [1.54, 1.807) is 0 Å². The van der Waals surface area contributed by atoms with Crippen molar-refractivity contribution >= 4 is 0 Å². The molecule has 3 nitrogen and oxygen atoms in total. The third-order valence-electron chi connectivity index (χ3n) is 3.51. The molecule has 1 rings (SSSR count). The first-order valence-corrected chi connectivity index (χ1v) is 6.54. The highest BCUT2D eigenvalue weighted by molar-refractivity contribution is 4.93. The quantitative estimate of drug-likeness (QED) is 0.761. The zero-order valence-electron chi connectivity index (χ0n) is 10.9. The number of hydrogen-bond acceptors (Lipinski definition) is 3. The summed E-state index contributed by atoms with van der Waals surface area (Å²) >= 11 is 0. The Morgan fingerprint density at radius 2 is 2.12 bits per heavy atom. The van der Waals surface area contributed by atoms with E-state index in [-0.39, 0.29) is 5.60 Å². The molecule has 0 spiro atoms. The molecule has 1 fully saturated rings. The predicted molar refractivity (Wildman–Crippen MR) is 64.5 cm³/mol. The van der Waals surface area contributed by atoms with Crippen molar-refractivity contribution in [2.45, 2.75) is 58.2 Å². The summed E-state index contributed by atoms with van der Waals surface area (Å²) in [7, 11) is 0. The van der Waals surface area contributed by atoms with Crippen molar-refractivity contribution in [3.05, 3.63) is 0 Å². The highest BCUT2D eigenvalue weighted by Crippen LogP contribution is 2.37. The maximum Gasteiger partial charge on any atom is 0.106 e. The highest BCUT2D eigenvalue weighted by Gasteiger charge is 2.41. The molecule has 96 valence electrons. The Hall–Kier alpha value is -0.120. The highest BCUT2D eigenvalue weighted by atomic mass is 16.5. The molecular weight excluding hydrogens is 204 g/mol. The van der Waals surface area contributed by atoms with Gasteiger partial charge in [-0.1, -0.05) is 19.8 Å². The summed E-state index contributed by atoms with van der Waals surface area (Å²) in [5.41, 5.74) is -0.360. The van der Waals surface area contributed by atoms with Crippen LogP contribution in [-0.4, -0.2) is 36.6 Å². The lowest BCUT2D eigenvalue weighted by Crippen LogP contribution is -2.50. The molecule has 1 N–H and O–H groups in total. The first kappa shape index (κ1) is 13.9. The van der Waals surface area contributed by atoms with Gasteiger partial charge in [0.1, 0.15) is 6.10 Å². The van der Waals surface area contributed by atoms with Crippen LogP contribution in [-0.2, 0) is 9.47 Å². The van der Waals surface area contributed by atoms with Crippen molar-refractivity contribution in [2.24, 2.45) is 5.92 Å². The zero-order valence-corrected chi connectivity index (χ0v) is 10.9. The molecular formula is C13H26O3. The molecule has 1 aliphatic rings. The number of aliphatic hydroxyl groups is 1. The third-order valence-corrected chi connectivity index (χ3v) is 3.51. The number of aliphatic hydroxyl groups excluding tert-OH is 1. The van der Waals surface area contributed by atoms with Crippen molar-refractivity contribution < 1.29 is 14.6 Å². The first-order chi connectivity index (χ1) is 7.64. The number of rotatable bonds is 6. The topological polar surface area (TPSA) is 38.7 Å². The lowest BCUT2D eigenvalue weighted by Gasteiger charge is -2.43. The Morgan fingerprint density at radius 1 is 1.38 bits per heavy atom. The fourth-order valence-corrected chi connectivity index (χ4v) is 2.74. The first-order valence-electron chi connectivity index (χ1n) is 6.54. The second-order valence-corrected chi connectivity index (χ2v) is 4.87. The van der Waals surface area contributed by atoms with Crippen molar-refractivity contribution in [3.63, 3.8) is 0 Å². The van der Waals surface area contributed by atoms with Crippen molar-refractivity contribution in [2.75, 3.05) is 19.8 Å². The van der Waals surface area contributed by atoms with Gasteiger partial charge in [-0.15, -0.1) is 0 Å². The summed E-state index contributed by atoms with van der Waals surface area (Å²) < 4.78 is 11.2. The normalized spacial score (nSPS) is 32.6. The number of ether oxygens (including phenoxy) is 2. The Bertz CT molecular complexity index is 192. The molecule has 3 atom stereocenters. The monoisotopic (exact) mass is 230 g/mol. The standard InChI is InChI=1S/C13H26O3/c1-4-15-10-12(14)13(16-5-2)8-6-7-11(3)9-13/h11-12,14H,4-10H2,1-3H3. The van der Waals surface area contributed by atoms with Gasteiger partial charge in [-0.05, 0) is 32.6 Å². The molecule has 0 aromatic carbocycles. The maximum atomic E-state index is 10.3. The van der Waals surface area contributed by atoms with E-state index in [1.165, 1.54) is 6.42 Å². The minimum atomic E-state index is -0.491. The molecule has 0 saturated heterocycles. The second-order valence-electron chi connectivity index (χ2n) is 4.87. The molecule has 1 aliphatic carbocycles. The van der Waals surface area contributed by atoms with Crippen LogP contribution in [0.4, 0.5) is 0 Å². The Labute approximate surface area is 99.1 Å². The van der Waals surface area contributed by atoms with Crippen molar-refractivity contribution in [1.29, 1.82) is 0 Å². The van der Waals surface area contributed by atoms with E-state index >= 15 is 0 Å². The average molecular weight is 230 g/mol. The minimum Gasteiger partial charge on any atom is -0.388 e. The summed E-state index contributed by atoms with van der Waals surface area (Å²) in [5, 5.41) is 10.3. The van der Waals surface area contributed by atoms with Crippen LogP contribution >= 0.6 is 0 Å². The smallest absolute Gasteiger partial charge is 0.106 e. The lowest BCUT2D eigenvalue weighted by atomic mass is 9.75. The maximum absolute atomic E-state index is 10.3. The van der Waals surface area contributed by atoms with E-state index in [0.717, 1.165) is 19.3 Å². The predicted octanol–water partition coefficient (Wildman–Crippen LogP) is 2.37. The molecule has 3 unspecified atom stereocenters. The molecule has 0 aromatic heterocycles. The molecule has 0 aromatic rings. The van der Waals surface area contributed by atoms with Gasteiger partial charge in [-0.25, -0.2) is 0 Å². The van der Waals surface area contributed by atoms with Gasteiger partial charge in [0.15, 0.2) is 0 Å². The van der Waals surface area contributed by atoms with Gasteiger partial charge in [-0.3, -0.25) is 0 Å². The van der Waals surface area contributed by atoms with Gasteiger partial charge < -0.3 is 14.6 Å². The molecule has 16 heavy (non-hydrogen) atoms. The SMILES string of the molecule is CCOCC(O)C1(OCC)CCCC(C)C1. The Morgan fingerprint density at radius 3 is 2.69 bits per heavy atom. The molecule has 1 saturated carbocycles. The van der Waals surface area contributed by atoms with Crippen LogP contribution < -0.4 is 0 Å². The summed E-state index contributed by atoms with van der Waals surface area (Å²) in [6, 6.07) is 0. The number of hydrogen-bond donors (Lipinski definition) is 1. The summed E-state index contributed by atoms with van der Waals surface area (Å²) in [6.07, 6.45) is 3.81. The van der Waals surface area contributed by atoms with E-state index in [4.69, 9.17) is 9.47 Å². The van der Waals surface area contributed by atoms with Crippen LogP contribution in [0.2, 0.25) is 0 Å². The van der Waals surface area contributed by atoms with Gasteiger partial charge in [0, 0.05) is 13.2 Å². The van der Waals surface area contributed by atoms with Gasteiger partial charge in [-0.2, -0.15) is 0 Å². The Kier molecular flexibility index (Phi) is 5.73. The van der Waals surface area contributed by atoms with Crippen LogP contribution in [0.5, 0.6) is 0 Å². The summed E-state index contributed by atoms with van der Waals surface area (Å²) in [6.45, 7) is 7.88. The minimum absolute atomic E-state index is 0.360. The van der Waals surface area contributed by atoms with Crippen molar-refractivity contribution in [3.8, 4) is 0 Å². The summed E-state index contributed by atoms with van der Waals surface area (Å²) in [4.78, 5) is 0. The molecule has 0 bridgehead atoms. The molecule has 0 aliphatic heterocycles. The molecule has 3 heteroatoms. The van der Waals surface area contributed by atoms with Gasteiger partial charge >= 0.3 is 0 Å². The van der Waals surface area contributed by atoms with Crippen LogP contribution in [0.3, 0.4) is 0 Å². The van der Waals surface area contributed by atoms with Crippen LogP contribution in [0.25, 0.3) is 0 Å². The van der Waals surface area contributed by atoms with E-state index in [1.807, 2.05) is 13.8 Å². The molecule has 0 heterocycles. The fourth-order valence-electron chi connectivity index (χ4n) is 2.74. The average Bonchev–Trinajstić information content (AvgIpc) is 2.26. The van der Waals surface area contributed by atoms with Gasteiger partial charge in [0.2, 0.25) is 0 Å². The van der Waals surface area contributed by atoms with Crippen LogP contribution in [0.1, 0.15) is 46.5 Å². The lowest BCUT2D eigenvalue weighted by molar-refractivity contribution is -0.164. The molecule has 0 amide bonds. The van der Waals surface area contributed by atoms with Gasteiger partial charge in [0.25, 0.3) is 0 Å². The third kappa shape index (κ3) is 3.44. The van der Waals surface area contributed by atoms with E-state index < -0.39 is 6.10 Å². The van der Waals surface area contributed by atoms with Crippen LogP contribution in [0, 0.1) is 5.92 Å². The largest absolute Gasteiger partial charge is 0.388 e.